The second kappa shape index (κ2) is 5.33. The second-order valence-electron chi connectivity index (χ2n) is 3.08. The van der Waals surface area contributed by atoms with E-state index in [0.29, 0.717) is 0 Å². The Morgan fingerprint density at radius 3 is 3.00 bits per heavy atom. The van der Waals surface area contributed by atoms with Crippen LogP contribution in [0.25, 0.3) is 0 Å². The van der Waals surface area contributed by atoms with Crippen molar-refractivity contribution in [2.24, 2.45) is 5.92 Å². The highest BCUT2D eigenvalue weighted by atomic mass is 16.3. The van der Waals surface area contributed by atoms with Crippen LogP contribution in [0.5, 0.6) is 0 Å². The molecule has 1 unspecified atom stereocenters. The molecule has 0 bridgehead atoms. The van der Waals surface area contributed by atoms with E-state index in [4.69, 9.17) is 5.11 Å². The number of aliphatic hydroxyl groups excluding tert-OH is 1. The Hall–Kier alpha value is -0.340. The maximum Gasteiger partial charge on any atom is 0.0555 e. The van der Waals surface area contributed by atoms with Crippen molar-refractivity contribution in [2.45, 2.75) is 19.3 Å². The molecular weight excluding hydrogens is 138 g/mol. The van der Waals surface area contributed by atoms with Gasteiger partial charge in [-0.25, -0.2) is 0 Å². The maximum atomic E-state index is 8.52. The van der Waals surface area contributed by atoms with Crippen molar-refractivity contribution < 1.29 is 5.11 Å². The molecule has 2 nitrogen and oxygen atoms in total. The molecule has 0 aromatic heterocycles. The predicted molar refractivity (Wildman–Crippen MR) is 46.4 cm³/mol. The van der Waals surface area contributed by atoms with Crippen molar-refractivity contribution >= 4 is 0 Å². The normalized spacial score (nSPS) is 23.9. The summed E-state index contributed by atoms with van der Waals surface area (Å²) in [4.78, 5) is 0. The molecule has 0 fully saturated rings. The first-order valence-electron chi connectivity index (χ1n) is 4.40. The Labute approximate surface area is 68.3 Å². The minimum absolute atomic E-state index is 0.253. The highest BCUT2D eigenvalue weighted by Gasteiger charge is 2.07. The molecule has 2 heteroatoms. The fourth-order valence-electron chi connectivity index (χ4n) is 1.43. The van der Waals surface area contributed by atoms with E-state index in [0.717, 1.165) is 19.0 Å². The third-order valence-corrected chi connectivity index (χ3v) is 2.10. The Morgan fingerprint density at radius 2 is 2.36 bits per heavy atom. The number of aliphatic hydroxyl groups is 1. The zero-order chi connectivity index (χ0) is 7.94. The molecule has 11 heavy (non-hydrogen) atoms. The van der Waals surface area contributed by atoms with Crippen LogP contribution in [0.3, 0.4) is 0 Å². The molecule has 1 aliphatic carbocycles. The first-order chi connectivity index (χ1) is 5.43. The maximum absolute atomic E-state index is 8.52. The summed E-state index contributed by atoms with van der Waals surface area (Å²) in [5, 5.41) is 11.7. The molecule has 1 aliphatic rings. The number of hydrogen-bond donors (Lipinski definition) is 2. The molecule has 0 amide bonds. The van der Waals surface area contributed by atoms with Gasteiger partial charge in [0.2, 0.25) is 0 Å². The number of nitrogens with one attached hydrogen (secondary N) is 1. The Kier molecular flexibility index (Phi) is 4.24. The molecule has 0 aliphatic heterocycles. The Balaban J connectivity index is 2.02. The third kappa shape index (κ3) is 3.54. The number of rotatable bonds is 4. The molecule has 0 radical (unpaired) electrons. The van der Waals surface area contributed by atoms with Crippen molar-refractivity contribution in [1.29, 1.82) is 0 Å². The lowest BCUT2D eigenvalue weighted by Crippen LogP contribution is -2.25. The molecule has 0 aromatic carbocycles. The third-order valence-electron chi connectivity index (χ3n) is 2.10. The van der Waals surface area contributed by atoms with Crippen LogP contribution in [-0.2, 0) is 0 Å². The summed E-state index contributed by atoms with van der Waals surface area (Å²) in [5.74, 6) is 0.798. The van der Waals surface area contributed by atoms with Gasteiger partial charge in [0, 0.05) is 6.54 Å². The van der Waals surface area contributed by atoms with Gasteiger partial charge >= 0.3 is 0 Å². The summed E-state index contributed by atoms with van der Waals surface area (Å²) in [5.41, 5.74) is 0. The molecule has 1 atom stereocenters. The summed E-state index contributed by atoms with van der Waals surface area (Å²) in [6.07, 6.45) is 8.25. The molecular formula is C9H17NO. The van der Waals surface area contributed by atoms with Crippen LogP contribution in [0, 0.1) is 5.92 Å². The highest BCUT2D eigenvalue weighted by molar-refractivity contribution is 4.90. The lowest BCUT2D eigenvalue weighted by molar-refractivity contribution is 0.286. The van der Waals surface area contributed by atoms with E-state index in [2.05, 4.69) is 17.5 Å². The molecule has 0 saturated heterocycles. The van der Waals surface area contributed by atoms with Crippen LogP contribution < -0.4 is 5.32 Å². The lowest BCUT2D eigenvalue weighted by atomic mass is 9.94. The van der Waals surface area contributed by atoms with Crippen molar-refractivity contribution in [3.8, 4) is 0 Å². The fraction of sp³-hybridized carbons (Fsp3) is 0.778. The monoisotopic (exact) mass is 155 g/mol. The summed E-state index contributed by atoms with van der Waals surface area (Å²) in [6.45, 7) is 2.05. The minimum atomic E-state index is 0.253. The molecule has 0 saturated carbocycles. The van der Waals surface area contributed by atoms with Crippen LogP contribution in [-0.4, -0.2) is 24.8 Å². The summed E-state index contributed by atoms with van der Waals surface area (Å²) < 4.78 is 0. The summed E-state index contributed by atoms with van der Waals surface area (Å²) in [6, 6.07) is 0. The van der Waals surface area contributed by atoms with Crippen LogP contribution in [0.4, 0.5) is 0 Å². The van der Waals surface area contributed by atoms with Crippen LogP contribution in [0.1, 0.15) is 19.3 Å². The van der Waals surface area contributed by atoms with Crippen molar-refractivity contribution in [3.63, 3.8) is 0 Å². The second-order valence-corrected chi connectivity index (χ2v) is 3.08. The van der Waals surface area contributed by atoms with Gasteiger partial charge < -0.3 is 10.4 Å². The number of hydrogen-bond acceptors (Lipinski definition) is 2. The van der Waals surface area contributed by atoms with E-state index >= 15 is 0 Å². The standard InChI is InChI=1S/C9H17NO/c11-7-6-10-8-9-4-2-1-3-5-9/h1-2,9-11H,3-8H2. The van der Waals surface area contributed by atoms with Crippen molar-refractivity contribution in [1.82, 2.24) is 5.32 Å². The first kappa shape index (κ1) is 8.75. The number of allylic oxidation sites excluding steroid dienone is 2. The average molecular weight is 155 g/mol. The van der Waals surface area contributed by atoms with Crippen molar-refractivity contribution in [3.05, 3.63) is 12.2 Å². The van der Waals surface area contributed by atoms with Crippen LogP contribution in [0.15, 0.2) is 12.2 Å². The van der Waals surface area contributed by atoms with Crippen molar-refractivity contribution in [2.75, 3.05) is 19.7 Å². The molecule has 64 valence electrons. The quantitative estimate of drug-likeness (QED) is 0.467. The van der Waals surface area contributed by atoms with Crippen LogP contribution in [0.2, 0.25) is 0 Å². The van der Waals surface area contributed by atoms with Gasteiger partial charge in [-0.3, -0.25) is 0 Å². The van der Waals surface area contributed by atoms with Gasteiger partial charge in [0.05, 0.1) is 6.61 Å². The Morgan fingerprint density at radius 1 is 1.45 bits per heavy atom. The summed E-state index contributed by atoms with van der Waals surface area (Å²) in [7, 11) is 0. The van der Waals surface area contributed by atoms with Gasteiger partial charge in [0.15, 0.2) is 0 Å². The molecule has 1 rings (SSSR count). The molecule has 2 N–H and O–H groups in total. The van der Waals surface area contributed by atoms with Gasteiger partial charge in [-0.05, 0) is 31.7 Å². The zero-order valence-corrected chi connectivity index (χ0v) is 6.92. The topological polar surface area (TPSA) is 32.3 Å². The zero-order valence-electron chi connectivity index (χ0n) is 6.92. The first-order valence-corrected chi connectivity index (χ1v) is 4.40. The van der Waals surface area contributed by atoms with Gasteiger partial charge in [0.1, 0.15) is 0 Å². The molecule has 0 aromatic rings. The summed E-state index contributed by atoms with van der Waals surface area (Å²) >= 11 is 0. The lowest BCUT2D eigenvalue weighted by Gasteiger charge is -2.17. The van der Waals surface area contributed by atoms with E-state index in [1.165, 1.54) is 19.3 Å². The minimum Gasteiger partial charge on any atom is -0.395 e. The van der Waals surface area contributed by atoms with Gasteiger partial charge in [0.25, 0.3) is 0 Å². The highest BCUT2D eigenvalue weighted by Crippen LogP contribution is 2.16. The largest absolute Gasteiger partial charge is 0.395 e. The van der Waals surface area contributed by atoms with E-state index in [-0.39, 0.29) is 6.61 Å². The SMILES string of the molecule is OCCNCC1CC=CCC1. The van der Waals surface area contributed by atoms with Gasteiger partial charge in [-0.15, -0.1) is 0 Å². The van der Waals surface area contributed by atoms with E-state index < -0.39 is 0 Å². The average Bonchev–Trinajstić information content (AvgIpc) is 2.07. The van der Waals surface area contributed by atoms with Crippen LogP contribution >= 0.6 is 0 Å². The smallest absolute Gasteiger partial charge is 0.0555 e. The molecule has 0 spiro atoms. The van der Waals surface area contributed by atoms with Gasteiger partial charge in [-0.2, -0.15) is 0 Å². The molecule has 0 heterocycles. The van der Waals surface area contributed by atoms with E-state index in [1.54, 1.807) is 0 Å². The Bertz CT molecular complexity index is 123. The fourth-order valence-corrected chi connectivity index (χ4v) is 1.43. The predicted octanol–water partition coefficient (Wildman–Crippen LogP) is 0.925. The van der Waals surface area contributed by atoms with E-state index in [9.17, 15) is 0 Å². The van der Waals surface area contributed by atoms with Gasteiger partial charge in [-0.1, -0.05) is 12.2 Å². The van der Waals surface area contributed by atoms with E-state index in [1.807, 2.05) is 0 Å².